The second kappa shape index (κ2) is 12.4. The highest BCUT2D eigenvalue weighted by molar-refractivity contribution is 5.93. The third-order valence-corrected chi connectivity index (χ3v) is 7.74. The molecule has 3 N–H and O–H groups in total. The van der Waals surface area contributed by atoms with Crippen molar-refractivity contribution in [1.29, 1.82) is 0 Å². The maximum atomic E-state index is 11.7. The van der Waals surface area contributed by atoms with Gasteiger partial charge in [-0.2, -0.15) is 0 Å². The summed E-state index contributed by atoms with van der Waals surface area (Å²) in [5.74, 6) is 0.365. The molecule has 0 radical (unpaired) electrons. The lowest BCUT2D eigenvalue weighted by Gasteiger charge is -2.31. The van der Waals surface area contributed by atoms with Gasteiger partial charge in [0.05, 0.1) is 0 Å². The van der Waals surface area contributed by atoms with Crippen LogP contribution < -0.4 is 15.5 Å². The minimum atomic E-state index is -0.513. The molecule has 37 heavy (non-hydrogen) atoms. The number of carbonyl (C=O) groups excluding carboxylic acids is 1. The van der Waals surface area contributed by atoms with Gasteiger partial charge in [0.2, 0.25) is 0 Å². The normalized spacial score (nSPS) is 19.3. The fraction of sp³-hybridized carbons (Fsp3) is 0.387. The van der Waals surface area contributed by atoms with Gasteiger partial charge in [-0.25, -0.2) is 5.48 Å². The second-order valence-electron chi connectivity index (χ2n) is 10.3. The van der Waals surface area contributed by atoms with E-state index in [4.69, 9.17) is 9.94 Å². The summed E-state index contributed by atoms with van der Waals surface area (Å²) in [6.07, 6.45) is 10.1. The van der Waals surface area contributed by atoms with E-state index in [1.165, 1.54) is 45.1 Å². The first-order chi connectivity index (χ1) is 18.2. The topological polar surface area (TPSA) is 73.8 Å². The number of benzene rings is 3. The fourth-order valence-corrected chi connectivity index (χ4v) is 5.67. The molecule has 1 atom stereocenters. The zero-order valence-corrected chi connectivity index (χ0v) is 21.4. The number of amides is 1. The molecule has 1 saturated carbocycles. The van der Waals surface area contributed by atoms with E-state index >= 15 is 0 Å². The molecule has 1 heterocycles. The molecule has 6 heteroatoms. The van der Waals surface area contributed by atoms with Crippen molar-refractivity contribution in [2.75, 3.05) is 26.2 Å². The Kier molecular flexibility index (Phi) is 8.51. The van der Waals surface area contributed by atoms with Crippen LogP contribution in [-0.2, 0) is 0 Å². The second-order valence-corrected chi connectivity index (χ2v) is 10.3. The molecule has 1 saturated heterocycles. The van der Waals surface area contributed by atoms with Gasteiger partial charge < -0.3 is 10.1 Å². The van der Waals surface area contributed by atoms with Crippen LogP contribution in [0.25, 0.3) is 16.8 Å². The molecule has 1 aliphatic heterocycles. The summed E-state index contributed by atoms with van der Waals surface area (Å²) >= 11 is 0. The van der Waals surface area contributed by atoms with Crippen LogP contribution in [0.3, 0.4) is 0 Å². The van der Waals surface area contributed by atoms with Gasteiger partial charge in [-0.3, -0.25) is 14.9 Å². The monoisotopic (exact) mass is 499 g/mol. The van der Waals surface area contributed by atoms with Crippen molar-refractivity contribution >= 4 is 22.8 Å². The number of fused-ring (bicyclic) bond motifs is 1. The highest BCUT2D eigenvalue weighted by Crippen LogP contribution is 2.27. The number of hydrogen-bond donors (Lipinski definition) is 3. The van der Waals surface area contributed by atoms with Gasteiger partial charge in [-0.05, 0) is 54.0 Å². The summed E-state index contributed by atoms with van der Waals surface area (Å²) in [7, 11) is 0. The zero-order chi connectivity index (χ0) is 25.5. The maximum absolute atomic E-state index is 11.7. The molecule has 194 valence electrons. The van der Waals surface area contributed by atoms with Gasteiger partial charge in [-0.15, -0.1) is 0 Å². The molecule has 1 aliphatic carbocycles. The molecule has 2 aliphatic rings. The summed E-state index contributed by atoms with van der Waals surface area (Å²) in [5, 5.41) is 15.0. The number of ether oxygens (including phenoxy) is 1. The van der Waals surface area contributed by atoms with Gasteiger partial charge in [0.25, 0.3) is 5.91 Å². The molecule has 0 bridgehead atoms. The number of hydroxylamine groups is 1. The highest BCUT2D eigenvalue weighted by atomic mass is 16.5. The van der Waals surface area contributed by atoms with Crippen LogP contribution in [0.5, 0.6) is 5.75 Å². The van der Waals surface area contributed by atoms with Crippen molar-refractivity contribution in [3.63, 3.8) is 0 Å². The summed E-state index contributed by atoms with van der Waals surface area (Å²) < 4.78 is 6.35. The van der Waals surface area contributed by atoms with Crippen LogP contribution in [0.2, 0.25) is 0 Å². The minimum absolute atomic E-state index is 0.417. The summed E-state index contributed by atoms with van der Waals surface area (Å²) in [4.78, 5) is 14.4. The van der Waals surface area contributed by atoms with Gasteiger partial charge in [0, 0.05) is 42.7 Å². The number of nitrogens with zero attached hydrogens (tertiary/aromatic N) is 1. The smallest absolute Gasteiger partial charge is 0.274 e. The standard InChI is InChI=1S/C31H37N3O3/c35-31(33-36)26-15-13-23(14-16-26)19-24(22-37-30-12-6-8-25-7-4-5-11-29(25)30)20-32-27-17-18-34(21-27)28-9-2-1-3-10-28/h4-8,11-16,19,27-28,32,36H,1-3,9-10,17-18,20-22H2,(H,33,35). The van der Waals surface area contributed by atoms with Gasteiger partial charge >= 0.3 is 0 Å². The molecule has 0 spiro atoms. The zero-order valence-electron chi connectivity index (χ0n) is 21.4. The van der Waals surface area contributed by atoms with Crippen molar-refractivity contribution in [3.05, 3.63) is 83.4 Å². The van der Waals surface area contributed by atoms with E-state index in [0.29, 0.717) is 18.2 Å². The Morgan fingerprint density at radius 1 is 0.973 bits per heavy atom. The molecule has 3 aromatic carbocycles. The van der Waals surface area contributed by atoms with E-state index in [1.54, 1.807) is 17.6 Å². The maximum Gasteiger partial charge on any atom is 0.274 e. The molecule has 5 rings (SSSR count). The van der Waals surface area contributed by atoms with Gasteiger partial charge in [0.15, 0.2) is 0 Å². The Hall–Kier alpha value is -3.19. The highest BCUT2D eigenvalue weighted by Gasteiger charge is 2.28. The third-order valence-electron chi connectivity index (χ3n) is 7.74. The van der Waals surface area contributed by atoms with Crippen molar-refractivity contribution in [1.82, 2.24) is 15.7 Å². The molecular weight excluding hydrogens is 462 g/mol. The van der Waals surface area contributed by atoms with Crippen molar-refractivity contribution in [3.8, 4) is 5.75 Å². The Bertz CT molecular complexity index is 1210. The minimum Gasteiger partial charge on any atom is -0.489 e. The molecule has 2 fully saturated rings. The van der Waals surface area contributed by atoms with E-state index in [2.05, 4.69) is 34.5 Å². The van der Waals surface area contributed by atoms with E-state index < -0.39 is 5.91 Å². The first-order valence-corrected chi connectivity index (χ1v) is 13.5. The average molecular weight is 500 g/mol. The summed E-state index contributed by atoms with van der Waals surface area (Å²) in [5.41, 5.74) is 4.23. The van der Waals surface area contributed by atoms with Crippen LogP contribution in [0.1, 0.15) is 54.4 Å². The van der Waals surface area contributed by atoms with Crippen LogP contribution in [0.15, 0.2) is 72.3 Å². The predicted octanol–water partition coefficient (Wildman–Crippen LogP) is 5.42. The van der Waals surface area contributed by atoms with Gasteiger partial charge in [0.1, 0.15) is 12.4 Å². The van der Waals surface area contributed by atoms with E-state index in [-0.39, 0.29) is 0 Å². The summed E-state index contributed by atoms with van der Waals surface area (Å²) in [6.45, 7) is 3.52. The third kappa shape index (κ3) is 6.58. The van der Waals surface area contributed by atoms with Crippen LogP contribution in [-0.4, -0.2) is 54.3 Å². The number of hydrogen-bond acceptors (Lipinski definition) is 5. The molecular formula is C31H37N3O3. The quantitative estimate of drug-likeness (QED) is 0.271. The van der Waals surface area contributed by atoms with E-state index in [9.17, 15) is 4.79 Å². The van der Waals surface area contributed by atoms with Crippen LogP contribution in [0.4, 0.5) is 0 Å². The molecule has 3 aromatic rings. The Morgan fingerprint density at radius 2 is 1.76 bits per heavy atom. The average Bonchev–Trinajstić information content (AvgIpc) is 3.44. The number of likely N-dealkylation sites (tertiary alicyclic amines) is 1. The fourth-order valence-electron chi connectivity index (χ4n) is 5.67. The number of rotatable bonds is 9. The molecule has 0 aromatic heterocycles. The van der Waals surface area contributed by atoms with E-state index in [0.717, 1.165) is 46.8 Å². The predicted molar refractivity (Wildman–Crippen MR) is 148 cm³/mol. The molecule has 1 amide bonds. The Labute approximate surface area is 219 Å². The van der Waals surface area contributed by atoms with Crippen LogP contribution >= 0.6 is 0 Å². The van der Waals surface area contributed by atoms with Crippen LogP contribution in [0, 0.1) is 0 Å². The van der Waals surface area contributed by atoms with Gasteiger partial charge in [-0.1, -0.05) is 73.9 Å². The Balaban J connectivity index is 1.27. The summed E-state index contributed by atoms with van der Waals surface area (Å²) in [6, 6.07) is 22.9. The lowest BCUT2D eigenvalue weighted by atomic mass is 9.94. The van der Waals surface area contributed by atoms with E-state index in [1.807, 2.05) is 36.4 Å². The van der Waals surface area contributed by atoms with Crippen molar-refractivity contribution in [2.45, 2.75) is 50.6 Å². The molecule has 6 nitrogen and oxygen atoms in total. The Morgan fingerprint density at radius 3 is 2.57 bits per heavy atom. The van der Waals surface area contributed by atoms with Crippen molar-refractivity contribution in [2.24, 2.45) is 0 Å². The lowest BCUT2D eigenvalue weighted by molar-refractivity contribution is 0.0706. The number of nitrogens with one attached hydrogen (secondary N) is 2. The van der Waals surface area contributed by atoms with Crippen molar-refractivity contribution < 1.29 is 14.7 Å². The SMILES string of the molecule is O=C(NO)c1ccc(C=C(CNC2CCN(C3CCCCC3)C2)COc2cccc3ccccc23)cc1. The molecule has 1 unspecified atom stereocenters. The number of carbonyl (C=O) groups is 1. The first kappa shape index (κ1) is 25.5. The lowest BCUT2D eigenvalue weighted by Crippen LogP contribution is -2.39. The first-order valence-electron chi connectivity index (χ1n) is 13.5. The largest absolute Gasteiger partial charge is 0.489 e.